The molecule has 2 aromatic heterocycles. The Kier molecular flexibility index (Phi) is 5.48. The van der Waals surface area contributed by atoms with Gasteiger partial charge in [0, 0.05) is 22.7 Å². The highest BCUT2D eigenvalue weighted by molar-refractivity contribution is 5.89. The molecule has 168 valence electrons. The monoisotopic (exact) mass is 445 g/mol. The van der Waals surface area contributed by atoms with Crippen molar-refractivity contribution in [2.45, 2.75) is 20.0 Å². The number of nitrogens with one attached hydrogen (secondary N) is 2. The number of rotatable bonds is 5. The number of urea groups is 1. The molecule has 1 aliphatic rings. The van der Waals surface area contributed by atoms with Crippen molar-refractivity contribution >= 4 is 22.6 Å². The fourth-order valence-corrected chi connectivity index (χ4v) is 3.74. The maximum absolute atomic E-state index is 13.1. The van der Waals surface area contributed by atoms with Gasteiger partial charge in [0.05, 0.1) is 24.9 Å². The Morgan fingerprint density at radius 1 is 1.03 bits per heavy atom. The highest BCUT2D eigenvalue weighted by Gasteiger charge is 2.19. The zero-order valence-electron chi connectivity index (χ0n) is 18.1. The minimum Gasteiger partial charge on any atom is -0.486 e. The van der Waals surface area contributed by atoms with Gasteiger partial charge in [-0.2, -0.15) is 0 Å². The summed E-state index contributed by atoms with van der Waals surface area (Å²) in [7, 11) is 0. The van der Waals surface area contributed by atoms with Crippen molar-refractivity contribution in [3.05, 3.63) is 88.1 Å². The summed E-state index contributed by atoms with van der Waals surface area (Å²) < 4.78 is 16.7. The number of hydrogen-bond donors (Lipinski definition) is 2. The molecule has 0 saturated carbocycles. The summed E-state index contributed by atoms with van der Waals surface area (Å²) in [5.74, 6) is 1.86. The van der Waals surface area contributed by atoms with Crippen molar-refractivity contribution in [3.63, 3.8) is 0 Å². The van der Waals surface area contributed by atoms with Crippen LogP contribution in [0.3, 0.4) is 0 Å². The highest BCUT2D eigenvalue weighted by atomic mass is 16.6. The molecular formula is C25H23N3O5. The van der Waals surface area contributed by atoms with E-state index in [2.05, 4.69) is 10.3 Å². The first kappa shape index (κ1) is 20.7. The number of aryl methyl sites for hydroxylation is 1. The van der Waals surface area contributed by atoms with Crippen molar-refractivity contribution in [1.29, 1.82) is 0 Å². The molecule has 3 heterocycles. The van der Waals surface area contributed by atoms with Gasteiger partial charge in [-0.05, 0) is 43.3 Å². The molecule has 2 aromatic carbocycles. The second-order valence-electron chi connectivity index (χ2n) is 7.94. The van der Waals surface area contributed by atoms with Gasteiger partial charge in [-0.1, -0.05) is 17.7 Å². The maximum Gasteiger partial charge on any atom is 0.322 e. The average molecular weight is 445 g/mol. The number of carbonyl (C=O) groups is 1. The maximum atomic E-state index is 13.1. The molecule has 0 aliphatic carbocycles. The molecule has 8 heteroatoms. The van der Waals surface area contributed by atoms with Crippen LogP contribution in [-0.4, -0.2) is 29.1 Å². The lowest BCUT2D eigenvalue weighted by Gasteiger charge is -2.22. The number of furan rings is 1. The minimum absolute atomic E-state index is 0.0953. The second-order valence-corrected chi connectivity index (χ2v) is 7.94. The van der Waals surface area contributed by atoms with Gasteiger partial charge in [-0.15, -0.1) is 0 Å². The molecule has 0 radical (unpaired) electrons. The van der Waals surface area contributed by atoms with E-state index in [-0.39, 0.29) is 24.7 Å². The third-order valence-electron chi connectivity index (χ3n) is 5.46. The molecule has 8 nitrogen and oxygen atoms in total. The fourth-order valence-electron chi connectivity index (χ4n) is 3.74. The molecule has 5 rings (SSSR count). The standard InChI is InChI=1S/C25H23N3O5/c1-16-4-6-19(7-5-16)26-25(30)28(15-20-3-2-8-31-20)14-18-11-17-12-22-23(33-10-9-32-22)13-21(17)27-24(18)29/h2-8,11-13H,9-10,14-15H2,1H3,(H,26,30)(H,27,29). The van der Waals surface area contributed by atoms with E-state index in [4.69, 9.17) is 13.9 Å². The van der Waals surface area contributed by atoms with Crippen LogP contribution in [0.25, 0.3) is 10.9 Å². The Hall–Kier alpha value is -4.20. The van der Waals surface area contributed by atoms with Crippen molar-refractivity contribution < 1.29 is 18.7 Å². The number of carbonyl (C=O) groups excluding carboxylic acids is 1. The van der Waals surface area contributed by atoms with Crippen molar-refractivity contribution in [1.82, 2.24) is 9.88 Å². The van der Waals surface area contributed by atoms with Crippen LogP contribution in [0.15, 0.2) is 70.1 Å². The summed E-state index contributed by atoms with van der Waals surface area (Å²) in [4.78, 5) is 30.4. The average Bonchev–Trinajstić information content (AvgIpc) is 3.32. The van der Waals surface area contributed by atoms with Crippen LogP contribution < -0.4 is 20.3 Å². The molecule has 0 fully saturated rings. The van der Waals surface area contributed by atoms with Gasteiger partial charge in [-0.3, -0.25) is 4.79 Å². The van der Waals surface area contributed by atoms with E-state index in [9.17, 15) is 9.59 Å². The van der Waals surface area contributed by atoms with E-state index >= 15 is 0 Å². The van der Waals surface area contributed by atoms with E-state index < -0.39 is 0 Å². The summed E-state index contributed by atoms with van der Waals surface area (Å²) in [6.45, 7) is 3.24. The normalized spacial score (nSPS) is 12.5. The summed E-state index contributed by atoms with van der Waals surface area (Å²) in [5, 5.41) is 3.69. The lowest BCUT2D eigenvalue weighted by molar-refractivity contribution is 0.172. The quantitative estimate of drug-likeness (QED) is 0.474. The molecule has 4 aromatic rings. The number of aromatic amines is 1. The molecule has 0 atom stereocenters. The van der Waals surface area contributed by atoms with E-state index in [1.165, 1.54) is 4.90 Å². The fraction of sp³-hybridized carbons (Fsp3) is 0.200. The number of H-pyrrole nitrogens is 1. The van der Waals surface area contributed by atoms with E-state index in [0.29, 0.717) is 47.2 Å². The van der Waals surface area contributed by atoms with Gasteiger partial charge in [-0.25, -0.2) is 4.79 Å². The number of anilines is 1. The molecule has 0 saturated heterocycles. The number of pyridine rings is 1. The molecule has 1 aliphatic heterocycles. The predicted molar refractivity (Wildman–Crippen MR) is 124 cm³/mol. The second kappa shape index (κ2) is 8.74. The Bertz CT molecular complexity index is 1340. The third kappa shape index (κ3) is 4.55. The zero-order valence-corrected chi connectivity index (χ0v) is 18.1. The molecular weight excluding hydrogens is 422 g/mol. The van der Waals surface area contributed by atoms with E-state index in [1.807, 2.05) is 37.3 Å². The third-order valence-corrected chi connectivity index (χ3v) is 5.46. The molecule has 2 amide bonds. The Morgan fingerprint density at radius 3 is 2.52 bits per heavy atom. The topological polar surface area (TPSA) is 96.8 Å². The van der Waals surface area contributed by atoms with Gasteiger partial charge in [0.2, 0.25) is 0 Å². The van der Waals surface area contributed by atoms with Gasteiger partial charge in [0.15, 0.2) is 11.5 Å². The smallest absolute Gasteiger partial charge is 0.322 e. The van der Waals surface area contributed by atoms with Gasteiger partial charge < -0.3 is 29.1 Å². The van der Waals surface area contributed by atoms with Gasteiger partial charge in [0.1, 0.15) is 19.0 Å². The lowest BCUT2D eigenvalue weighted by Crippen LogP contribution is -2.35. The van der Waals surface area contributed by atoms with Crippen LogP contribution >= 0.6 is 0 Å². The Labute approximate surface area is 189 Å². The Balaban J connectivity index is 1.44. The van der Waals surface area contributed by atoms with Crippen LogP contribution in [0.1, 0.15) is 16.9 Å². The number of nitrogens with zero attached hydrogens (tertiary/aromatic N) is 1. The first-order valence-electron chi connectivity index (χ1n) is 10.7. The molecule has 0 spiro atoms. The number of hydrogen-bond acceptors (Lipinski definition) is 5. The van der Waals surface area contributed by atoms with Crippen molar-refractivity contribution in [3.8, 4) is 11.5 Å². The van der Waals surface area contributed by atoms with Crippen LogP contribution in [0.4, 0.5) is 10.5 Å². The SMILES string of the molecule is Cc1ccc(NC(=O)N(Cc2ccco2)Cc2cc3cc4c(cc3[nH]c2=O)OCCO4)cc1. The van der Waals surface area contributed by atoms with E-state index in [0.717, 1.165) is 10.9 Å². The summed E-state index contributed by atoms with van der Waals surface area (Å²) in [6.07, 6.45) is 1.55. The van der Waals surface area contributed by atoms with Crippen molar-refractivity contribution in [2.24, 2.45) is 0 Å². The summed E-state index contributed by atoms with van der Waals surface area (Å²) in [5.41, 5.74) is 2.59. The number of benzene rings is 2. The largest absolute Gasteiger partial charge is 0.486 e. The minimum atomic E-state index is -0.336. The summed E-state index contributed by atoms with van der Waals surface area (Å²) in [6, 6.07) is 16.1. The molecule has 0 bridgehead atoms. The van der Waals surface area contributed by atoms with Crippen LogP contribution in [0.5, 0.6) is 11.5 Å². The number of fused-ring (bicyclic) bond motifs is 2. The summed E-state index contributed by atoms with van der Waals surface area (Å²) >= 11 is 0. The molecule has 33 heavy (non-hydrogen) atoms. The first-order valence-corrected chi connectivity index (χ1v) is 10.7. The number of amides is 2. The molecule has 0 unspecified atom stereocenters. The Morgan fingerprint density at radius 2 is 1.79 bits per heavy atom. The van der Waals surface area contributed by atoms with Crippen LogP contribution in [-0.2, 0) is 13.1 Å². The predicted octanol–water partition coefficient (Wildman–Crippen LogP) is 4.44. The number of aromatic nitrogens is 1. The first-order chi connectivity index (χ1) is 16.0. The van der Waals surface area contributed by atoms with Gasteiger partial charge >= 0.3 is 6.03 Å². The van der Waals surface area contributed by atoms with E-state index in [1.54, 1.807) is 30.5 Å². The van der Waals surface area contributed by atoms with Crippen molar-refractivity contribution in [2.75, 3.05) is 18.5 Å². The van der Waals surface area contributed by atoms with Crippen LogP contribution in [0, 0.1) is 6.92 Å². The van der Waals surface area contributed by atoms with Crippen LogP contribution in [0.2, 0.25) is 0 Å². The lowest BCUT2D eigenvalue weighted by atomic mass is 10.1. The number of ether oxygens (including phenoxy) is 2. The molecule has 2 N–H and O–H groups in total. The highest BCUT2D eigenvalue weighted by Crippen LogP contribution is 2.33. The zero-order chi connectivity index (χ0) is 22.8. The van der Waals surface area contributed by atoms with Gasteiger partial charge in [0.25, 0.3) is 5.56 Å².